The summed E-state index contributed by atoms with van der Waals surface area (Å²) in [5.41, 5.74) is 2.74. The summed E-state index contributed by atoms with van der Waals surface area (Å²) >= 11 is 3.91. The second-order valence-corrected chi connectivity index (χ2v) is 6.70. The van der Waals surface area contributed by atoms with Crippen LogP contribution in [0.3, 0.4) is 0 Å². The van der Waals surface area contributed by atoms with Crippen molar-refractivity contribution in [1.82, 2.24) is 0 Å². The quantitative estimate of drug-likeness (QED) is 0.487. The summed E-state index contributed by atoms with van der Waals surface area (Å²) in [6.07, 6.45) is 2.94. The van der Waals surface area contributed by atoms with E-state index in [9.17, 15) is 0 Å². The van der Waals surface area contributed by atoms with Gasteiger partial charge in [0, 0.05) is 0 Å². The minimum atomic E-state index is 0.0181. The van der Waals surface area contributed by atoms with Crippen molar-refractivity contribution in [2.24, 2.45) is 5.92 Å². The van der Waals surface area contributed by atoms with E-state index in [-0.39, 0.29) is 4.32 Å². The zero-order valence-corrected chi connectivity index (χ0v) is 12.9. The first-order valence-electron chi connectivity index (χ1n) is 6.32. The van der Waals surface area contributed by atoms with Gasteiger partial charge in [-0.05, 0) is 29.4 Å². The van der Waals surface area contributed by atoms with Crippen LogP contribution < -0.4 is 0 Å². The van der Waals surface area contributed by atoms with Crippen LogP contribution in [-0.2, 0) is 4.32 Å². The van der Waals surface area contributed by atoms with Gasteiger partial charge in [-0.25, -0.2) is 0 Å². The molecule has 0 aliphatic heterocycles. The highest BCUT2D eigenvalue weighted by Crippen LogP contribution is 2.42. The number of hydrogen-bond donors (Lipinski definition) is 0. The monoisotopic (exact) mass is 294 g/mol. The van der Waals surface area contributed by atoms with Gasteiger partial charge in [0.25, 0.3) is 0 Å². The Hall–Kier alpha value is -0.560. The molecule has 0 radical (unpaired) electrons. The molecule has 1 rings (SSSR count). The average Bonchev–Trinajstić information content (AvgIpc) is 2.29. The lowest BCUT2D eigenvalue weighted by molar-refractivity contribution is 0.464. The first-order chi connectivity index (χ1) is 7.91. The highest BCUT2D eigenvalue weighted by atomic mass is 79.9. The van der Waals surface area contributed by atoms with Crippen molar-refractivity contribution < 1.29 is 0 Å². The van der Waals surface area contributed by atoms with E-state index >= 15 is 0 Å². The Morgan fingerprint density at radius 3 is 2.06 bits per heavy atom. The molecule has 1 aromatic carbocycles. The Balaban J connectivity index is 3.08. The van der Waals surface area contributed by atoms with Crippen LogP contribution in [0.5, 0.6) is 0 Å². The lowest BCUT2D eigenvalue weighted by Gasteiger charge is -2.31. The lowest BCUT2D eigenvalue weighted by atomic mass is 9.84. The van der Waals surface area contributed by atoms with Gasteiger partial charge in [-0.3, -0.25) is 0 Å². The highest BCUT2D eigenvalue weighted by molar-refractivity contribution is 9.09. The Bertz CT molecular complexity index is 362. The summed E-state index contributed by atoms with van der Waals surface area (Å²) < 4.78 is 0.0181. The molecule has 17 heavy (non-hydrogen) atoms. The molecule has 0 saturated carbocycles. The molecule has 0 heterocycles. The molecular weight excluding hydrogens is 272 g/mol. The normalized spacial score (nSPS) is 15.0. The van der Waals surface area contributed by atoms with Crippen molar-refractivity contribution in [3.63, 3.8) is 0 Å². The molecule has 94 valence electrons. The molecule has 0 aliphatic rings. The summed E-state index contributed by atoms with van der Waals surface area (Å²) in [6.45, 7) is 12.8. The van der Waals surface area contributed by atoms with Crippen molar-refractivity contribution in [3.8, 4) is 0 Å². The number of benzene rings is 1. The maximum absolute atomic E-state index is 3.91. The summed E-state index contributed by atoms with van der Waals surface area (Å²) in [7, 11) is 0. The van der Waals surface area contributed by atoms with E-state index in [0.717, 1.165) is 6.42 Å². The molecule has 0 N–H and O–H groups in total. The fourth-order valence-electron chi connectivity index (χ4n) is 2.04. The fourth-order valence-corrected chi connectivity index (χ4v) is 2.54. The van der Waals surface area contributed by atoms with E-state index in [2.05, 4.69) is 74.5 Å². The van der Waals surface area contributed by atoms with Crippen molar-refractivity contribution in [3.05, 3.63) is 48.0 Å². The number of halogens is 1. The van der Waals surface area contributed by atoms with E-state index in [4.69, 9.17) is 0 Å². The van der Waals surface area contributed by atoms with Crippen LogP contribution in [0.25, 0.3) is 0 Å². The zero-order valence-electron chi connectivity index (χ0n) is 11.3. The molecule has 0 bridgehead atoms. The van der Waals surface area contributed by atoms with Crippen LogP contribution in [0.15, 0.2) is 36.9 Å². The fraction of sp³-hybridized carbons (Fsp3) is 0.500. The molecule has 0 nitrogen and oxygen atoms in total. The molecule has 1 heteroatoms. The summed E-state index contributed by atoms with van der Waals surface area (Å²) in [6, 6.07) is 8.96. The maximum Gasteiger partial charge on any atom is 0.0562 e. The second kappa shape index (κ2) is 5.86. The van der Waals surface area contributed by atoms with E-state index in [1.807, 2.05) is 6.08 Å². The van der Waals surface area contributed by atoms with Crippen molar-refractivity contribution in [1.29, 1.82) is 0 Å². The van der Waals surface area contributed by atoms with Gasteiger partial charge in [0.05, 0.1) is 4.32 Å². The van der Waals surface area contributed by atoms with E-state index < -0.39 is 0 Å². The molecule has 0 aromatic heterocycles. The first kappa shape index (κ1) is 14.5. The molecule has 0 aliphatic carbocycles. The Kier molecular flexibility index (Phi) is 5.00. The first-order valence-corrected chi connectivity index (χ1v) is 7.11. The van der Waals surface area contributed by atoms with Crippen LogP contribution in [0.4, 0.5) is 0 Å². The van der Waals surface area contributed by atoms with Gasteiger partial charge in [-0.2, -0.15) is 0 Å². The third kappa shape index (κ3) is 3.22. The Morgan fingerprint density at radius 2 is 1.71 bits per heavy atom. The number of alkyl halides is 1. The number of rotatable bonds is 5. The maximum atomic E-state index is 3.91. The van der Waals surface area contributed by atoms with Crippen LogP contribution >= 0.6 is 15.9 Å². The van der Waals surface area contributed by atoms with Gasteiger partial charge in [0.1, 0.15) is 0 Å². The van der Waals surface area contributed by atoms with Crippen molar-refractivity contribution in [2.75, 3.05) is 0 Å². The van der Waals surface area contributed by atoms with Gasteiger partial charge in [-0.15, -0.1) is 6.58 Å². The van der Waals surface area contributed by atoms with Gasteiger partial charge in [0.15, 0.2) is 0 Å². The average molecular weight is 295 g/mol. The second-order valence-electron chi connectivity index (χ2n) is 5.29. The molecule has 0 fully saturated rings. The Morgan fingerprint density at radius 1 is 1.18 bits per heavy atom. The van der Waals surface area contributed by atoms with Crippen LogP contribution in [0.1, 0.15) is 51.2 Å². The molecule has 0 amide bonds. The molecular formula is C16H23Br. The number of allylic oxidation sites excluding steroid dienone is 1. The van der Waals surface area contributed by atoms with Crippen LogP contribution in [-0.4, -0.2) is 0 Å². The third-order valence-electron chi connectivity index (χ3n) is 3.41. The molecule has 1 unspecified atom stereocenters. The van der Waals surface area contributed by atoms with Gasteiger partial charge in [0.2, 0.25) is 0 Å². The minimum Gasteiger partial charge on any atom is -0.103 e. The number of hydrogen-bond acceptors (Lipinski definition) is 0. The van der Waals surface area contributed by atoms with Crippen LogP contribution in [0, 0.1) is 5.92 Å². The van der Waals surface area contributed by atoms with E-state index in [0.29, 0.717) is 11.8 Å². The van der Waals surface area contributed by atoms with E-state index in [1.165, 1.54) is 11.1 Å². The third-order valence-corrected chi connectivity index (χ3v) is 5.11. The predicted octanol–water partition coefficient (Wildman–Crippen LogP) is 5.63. The minimum absolute atomic E-state index is 0.0181. The smallest absolute Gasteiger partial charge is 0.0562 e. The topological polar surface area (TPSA) is 0 Å². The molecule has 1 atom stereocenters. The summed E-state index contributed by atoms with van der Waals surface area (Å²) in [5, 5.41) is 0. The Labute approximate surface area is 114 Å². The summed E-state index contributed by atoms with van der Waals surface area (Å²) in [5.74, 6) is 1.12. The zero-order chi connectivity index (χ0) is 13.1. The van der Waals surface area contributed by atoms with Gasteiger partial charge >= 0.3 is 0 Å². The van der Waals surface area contributed by atoms with Crippen molar-refractivity contribution in [2.45, 2.75) is 44.4 Å². The van der Waals surface area contributed by atoms with Crippen LogP contribution in [0.2, 0.25) is 0 Å². The lowest BCUT2D eigenvalue weighted by Crippen LogP contribution is -2.24. The molecule has 0 saturated heterocycles. The SMILES string of the molecule is C=CCC(Br)(c1ccc(C(C)C)cc1)C(C)C. The standard InChI is InChI=1S/C16H23Br/c1-6-11-16(17,13(4)5)15-9-7-14(8-10-15)12(2)3/h6-10,12-13H,1,11H2,2-5H3. The van der Waals surface area contributed by atoms with E-state index in [1.54, 1.807) is 0 Å². The van der Waals surface area contributed by atoms with Crippen molar-refractivity contribution >= 4 is 15.9 Å². The molecule has 0 spiro atoms. The predicted molar refractivity (Wildman–Crippen MR) is 80.8 cm³/mol. The highest BCUT2D eigenvalue weighted by Gasteiger charge is 2.31. The van der Waals surface area contributed by atoms with Gasteiger partial charge in [-0.1, -0.05) is 74.0 Å². The molecule has 1 aromatic rings. The summed E-state index contributed by atoms with van der Waals surface area (Å²) in [4.78, 5) is 0. The van der Waals surface area contributed by atoms with Gasteiger partial charge < -0.3 is 0 Å². The largest absolute Gasteiger partial charge is 0.103 e.